The van der Waals surface area contributed by atoms with Crippen molar-refractivity contribution in [2.45, 2.75) is 32.8 Å². The Morgan fingerprint density at radius 2 is 1.60 bits per heavy atom. The van der Waals surface area contributed by atoms with Crippen LogP contribution in [-0.4, -0.2) is 29.5 Å². The number of hydrogen-bond acceptors (Lipinski definition) is 3. The number of rotatable bonds is 9. The molecular weight excluding hydrogens is 289 g/mol. The molecule has 0 saturated carbocycles. The highest BCUT2D eigenvalue weighted by molar-refractivity contribution is 6.27. The lowest BCUT2D eigenvalue weighted by molar-refractivity contribution is -0.243. The average molecular weight is 308 g/mol. The van der Waals surface area contributed by atoms with Crippen molar-refractivity contribution in [3.05, 3.63) is 35.1 Å². The molecule has 0 spiro atoms. The van der Waals surface area contributed by atoms with Crippen molar-refractivity contribution in [1.82, 2.24) is 0 Å². The van der Waals surface area contributed by atoms with Crippen molar-refractivity contribution in [3.63, 3.8) is 0 Å². The first-order chi connectivity index (χ1) is 9.58. The van der Waals surface area contributed by atoms with E-state index in [0.29, 0.717) is 31.7 Å². The molecule has 1 aromatic rings. The van der Waals surface area contributed by atoms with E-state index in [1.807, 2.05) is 13.8 Å². The molecular formula is C13H19F3O3Si. The Labute approximate surface area is 119 Å². The normalized spacial score (nSPS) is 11.9. The summed E-state index contributed by atoms with van der Waals surface area (Å²) in [5, 5.41) is 0. The summed E-state index contributed by atoms with van der Waals surface area (Å²) in [6, 6.07) is 2.04. The average Bonchev–Trinajstić information content (AvgIpc) is 2.40. The Bertz CT molecular complexity index is 412. The highest BCUT2D eigenvalue weighted by Crippen LogP contribution is 2.15. The maximum Gasteiger partial charge on any atom is 0.261 e. The lowest BCUT2D eigenvalue weighted by Crippen LogP contribution is -2.23. The van der Waals surface area contributed by atoms with Gasteiger partial charge in [0.25, 0.3) is 6.48 Å². The van der Waals surface area contributed by atoms with Crippen LogP contribution in [0.4, 0.5) is 13.2 Å². The molecule has 114 valence electrons. The van der Waals surface area contributed by atoms with Crippen molar-refractivity contribution in [1.29, 1.82) is 0 Å². The Kier molecular flexibility index (Phi) is 7.82. The fraction of sp³-hybridized carbons (Fsp3) is 0.538. The zero-order valence-corrected chi connectivity index (χ0v) is 13.0. The van der Waals surface area contributed by atoms with Gasteiger partial charge in [0.05, 0.1) is 0 Å². The molecule has 0 unspecified atom stereocenters. The number of benzene rings is 1. The Morgan fingerprint density at radius 3 is 2.20 bits per heavy atom. The minimum absolute atomic E-state index is 0.157. The second-order valence-electron chi connectivity index (χ2n) is 4.03. The number of aryl methyl sites for hydroxylation is 1. The van der Waals surface area contributed by atoms with Gasteiger partial charge in [0.15, 0.2) is 21.4 Å². The molecule has 7 heteroatoms. The van der Waals surface area contributed by atoms with Crippen molar-refractivity contribution in [2.75, 3.05) is 13.2 Å². The van der Waals surface area contributed by atoms with Gasteiger partial charge in [0.1, 0.15) is 5.82 Å². The predicted molar refractivity (Wildman–Crippen MR) is 71.5 cm³/mol. The molecule has 0 radical (unpaired) electrons. The molecule has 1 aromatic carbocycles. The summed E-state index contributed by atoms with van der Waals surface area (Å²) >= 11 is 0. The zero-order chi connectivity index (χ0) is 15.0. The summed E-state index contributed by atoms with van der Waals surface area (Å²) in [4.78, 5) is 0. The van der Waals surface area contributed by atoms with Crippen molar-refractivity contribution < 1.29 is 27.1 Å². The molecule has 0 fully saturated rings. The SMILES string of the molecule is CCOC(OCC)O[SiH2]CCc1cc(F)c(F)cc1F. The Morgan fingerprint density at radius 1 is 1.00 bits per heavy atom. The van der Waals surface area contributed by atoms with Crippen LogP contribution in [0.25, 0.3) is 0 Å². The van der Waals surface area contributed by atoms with Crippen LogP contribution in [0, 0.1) is 17.5 Å². The zero-order valence-electron chi connectivity index (χ0n) is 11.6. The highest BCUT2D eigenvalue weighted by atomic mass is 28.2. The second-order valence-corrected chi connectivity index (χ2v) is 5.48. The van der Waals surface area contributed by atoms with Gasteiger partial charge in [-0.05, 0) is 37.9 Å². The molecule has 0 bridgehead atoms. The quantitative estimate of drug-likeness (QED) is 0.304. The van der Waals surface area contributed by atoms with Crippen LogP contribution in [0.15, 0.2) is 12.1 Å². The smallest absolute Gasteiger partial charge is 0.261 e. The third kappa shape index (κ3) is 5.62. The topological polar surface area (TPSA) is 27.7 Å². The van der Waals surface area contributed by atoms with Gasteiger partial charge in [-0.25, -0.2) is 13.2 Å². The van der Waals surface area contributed by atoms with Gasteiger partial charge in [0, 0.05) is 19.3 Å². The molecule has 0 heterocycles. The van der Waals surface area contributed by atoms with Gasteiger partial charge >= 0.3 is 0 Å². The first kappa shape index (κ1) is 17.2. The van der Waals surface area contributed by atoms with Crippen molar-refractivity contribution in [2.24, 2.45) is 0 Å². The molecule has 20 heavy (non-hydrogen) atoms. The van der Waals surface area contributed by atoms with E-state index >= 15 is 0 Å². The van der Waals surface area contributed by atoms with Crippen LogP contribution in [0.1, 0.15) is 19.4 Å². The van der Waals surface area contributed by atoms with Gasteiger partial charge in [-0.15, -0.1) is 0 Å². The van der Waals surface area contributed by atoms with Gasteiger partial charge in [0.2, 0.25) is 0 Å². The van der Waals surface area contributed by atoms with E-state index in [1.54, 1.807) is 0 Å². The molecule has 0 aromatic heterocycles. The number of ether oxygens (including phenoxy) is 2. The summed E-state index contributed by atoms with van der Waals surface area (Å²) in [6.07, 6.45) is 0.306. The van der Waals surface area contributed by atoms with E-state index in [1.165, 1.54) is 0 Å². The van der Waals surface area contributed by atoms with Crippen molar-refractivity contribution in [3.8, 4) is 0 Å². The molecule has 0 aliphatic carbocycles. The maximum absolute atomic E-state index is 13.4. The van der Waals surface area contributed by atoms with Crippen LogP contribution in [0.2, 0.25) is 6.04 Å². The molecule has 0 aliphatic heterocycles. The van der Waals surface area contributed by atoms with E-state index in [4.69, 9.17) is 13.9 Å². The molecule has 0 amide bonds. The summed E-state index contributed by atoms with van der Waals surface area (Å²) < 4.78 is 55.0. The van der Waals surface area contributed by atoms with Gasteiger partial charge in [-0.3, -0.25) is 0 Å². The Balaban J connectivity index is 2.38. The van der Waals surface area contributed by atoms with Gasteiger partial charge < -0.3 is 13.9 Å². The van der Waals surface area contributed by atoms with Crippen LogP contribution < -0.4 is 0 Å². The molecule has 0 saturated heterocycles. The molecule has 1 rings (SSSR count). The van der Waals surface area contributed by atoms with E-state index in [9.17, 15) is 13.2 Å². The van der Waals surface area contributed by atoms with E-state index in [0.717, 1.165) is 6.07 Å². The summed E-state index contributed by atoms with van der Waals surface area (Å²) in [6.45, 7) is 3.90. The fourth-order valence-corrected chi connectivity index (χ4v) is 2.69. The largest absolute Gasteiger partial charge is 0.379 e. The Hall–Kier alpha value is -0.893. The minimum atomic E-state index is -1.17. The monoisotopic (exact) mass is 308 g/mol. The third-order valence-corrected chi connectivity index (χ3v) is 3.69. The van der Waals surface area contributed by atoms with Crippen LogP contribution in [0.3, 0.4) is 0 Å². The predicted octanol–water partition coefficient (Wildman–Crippen LogP) is 2.52. The van der Waals surface area contributed by atoms with Crippen LogP contribution in [-0.2, 0) is 20.3 Å². The minimum Gasteiger partial charge on any atom is -0.379 e. The van der Waals surface area contributed by atoms with E-state index in [-0.39, 0.29) is 5.56 Å². The standard InChI is InChI=1S/C13H19F3O3Si/c1-3-17-13(18-4-2)19-20-6-5-9-7-11(15)12(16)8-10(9)14/h7-8,13H,3-6,20H2,1-2H3. The van der Waals surface area contributed by atoms with Crippen LogP contribution >= 0.6 is 0 Å². The van der Waals surface area contributed by atoms with Crippen molar-refractivity contribution >= 4 is 9.76 Å². The number of halogens is 3. The lowest BCUT2D eigenvalue weighted by atomic mass is 10.1. The van der Waals surface area contributed by atoms with Crippen LogP contribution in [0.5, 0.6) is 0 Å². The molecule has 0 N–H and O–H groups in total. The molecule has 0 aliphatic rings. The number of hydrogen-bond donors (Lipinski definition) is 0. The summed E-state index contributed by atoms with van der Waals surface area (Å²) in [5.41, 5.74) is 0.157. The molecule has 3 nitrogen and oxygen atoms in total. The lowest BCUT2D eigenvalue weighted by Gasteiger charge is -2.17. The van der Waals surface area contributed by atoms with E-state index in [2.05, 4.69) is 0 Å². The maximum atomic E-state index is 13.4. The fourth-order valence-electron chi connectivity index (χ4n) is 1.61. The second kappa shape index (κ2) is 9.12. The van der Waals surface area contributed by atoms with Gasteiger partial charge in [-0.1, -0.05) is 0 Å². The highest BCUT2D eigenvalue weighted by Gasteiger charge is 2.11. The van der Waals surface area contributed by atoms with E-state index < -0.39 is 33.7 Å². The first-order valence-electron chi connectivity index (χ1n) is 6.56. The van der Waals surface area contributed by atoms with Gasteiger partial charge in [-0.2, -0.15) is 0 Å². The molecule has 0 atom stereocenters. The first-order valence-corrected chi connectivity index (χ1v) is 8.14. The summed E-state index contributed by atoms with van der Waals surface area (Å²) in [5.74, 6) is -2.94. The third-order valence-electron chi connectivity index (χ3n) is 2.54. The summed E-state index contributed by atoms with van der Waals surface area (Å²) in [7, 11) is -0.991.